The van der Waals surface area contributed by atoms with Crippen molar-refractivity contribution in [2.24, 2.45) is 0 Å². The Morgan fingerprint density at radius 2 is 1.75 bits per heavy atom. The molecule has 5 nitrogen and oxygen atoms in total. The standard InChI is InChI=1S/C26H35N3O2S/c1-2-3-4-8-19-31-24-13-11-22(12-14-24)25(30)28-26(32)27-23-15-17-29(18-16-23)20-21-9-6-5-7-10-21/h5-7,9-14,23H,2-4,8,15-20H2,1H3,(H2,27,28,30,32). The van der Waals surface area contributed by atoms with Gasteiger partial charge in [0.2, 0.25) is 0 Å². The quantitative estimate of drug-likeness (QED) is 0.395. The Balaban J connectivity index is 1.35. The summed E-state index contributed by atoms with van der Waals surface area (Å²) in [6.45, 7) is 5.92. The first kappa shape index (κ1) is 24.2. The Morgan fingerprint density at radius 3 is 2.44 bits per heavy atom. The van der Waals surface area contributed by atoms with Crippen LogP contribution in [-0.2, 0) is 6.54 Å². The smallest absolute Gasteiger partial charge is 0.257 e. The van der Waals surface area contributed by atoms with E-state index in [0.717, 1.165) is 44.6 Å². The lowest BCUT2D eigenvalue weighted by Gasteiger charge is -2.32. The number of amides is 1. The number of thiocarbonyl (C=S) groups is 1. The number of unbranched alkanes of at least 4 members (excludes halogenated alkanes) is 3. The average Bonchev–Trinajstić information content (AvgIpc) is 2.81. The maximum Gasteiger partial charge on any atom is 0.257 e. The van der Waals surface area contributed by atoms with Crippen LogP contribution in [0.4, 0.5) is 0 Å². The molecule has 172 valence electrons. The molecule has 32 heavy (non-hydrogen) atoms. The first-order valence-electron chi connectivity index (χ1n) is 11.7. The maximum atomic E-state index is 12.5. The van der Waals surface area contributed by atoms with E-state index in [1.54, 1.807) is 12.1 Å². The van der Waals surface area contributed by atoms with E-state index in [1.807, 2.05) is 18.2 Å². The Labute approximate surface area is 197 Å². The van der Waals surface area contributed by atoms with Crippen molar-refractivity contribution in [3.63, 3.8) is 0 Å². The number of carbonyl (C=O) groups is 1. The third kappa shape index (κ3) is 8.24. The molecule has 2 aromatic rings. The minimum absolute atomic E-state index is 0.196. The molecule has 0 radical (unpaired) electrons. The zero-order valence-corrected chi connectivity index (χ0v) is 19.8. The Kier molecular flexibility index (Phi) is 9.98. The second-order valence-corrected chi connectivity index (χ2v) is 8.81. The van der Waals surface area contributed by atoms with E-state index in [2.05, 4.69) is 46.7 Å². The molecule has 0 atom stereocenters. The number of hydrogen-bond acceptors (Lipinski definition) is 4. The van der Waals surface area contributed by atoms with E-state index < -0.39 is 0 Å². The molecule has 2 N–H and O–H groups in total. The van der Waals surface area contributed by atoms with Gasteiger partial charge in [-0.15, -0.1) is 0 Å². The van der Waals surface area contributed by atoms with Gasteiger partial charge in [0.1, 0.15) is 5.75 Å². The van der Waals surface area contributed by atoms with Crippen LogP contribution in [0.3, 0.4) is 0 Å². The van der Waals surface area contributed by atoms with Crippen molar-refractivity contribution in [2.45, 2.75) is 58.0 Å². The van der Waals surface area contributed by atoms with Crippen LogP contribution in [0.1, 0.15) is 61.4 Å². The number of rotatable bonds is 10. The predicted molar refractivity (Wildman–Crippen MR) is 134 cm³/mol. The van der Waals surface area contributed by atoms with Crippen LogP contribution in [0.25, 0.3) is 0 Å². The molecule has 1 fully saturated rings. The van der Waals surface area contributed by atoms with Crippen molar-refractivity contribution >= 4 is 23.2 Å². The number of nitrogens with zero attached hydrogens (tertiary/aromatic N) is 1. The zero-order valence-electron chi connectivity index (χ0n) is 19.0. The number of hydrogen-bond donors (Lipinski definition) is 2. The van der Waals surface area contributed by atoms with Crippen LogP contribution in [0.15, 0.2) is 54.6 Å². The summed E-state index contributed by atoms with van der Waals surface area (Å²) in [4.78, 5) is 15.0. The van der Waals surface area contributed by atoms with E-state index in [1.165, 1.54) is 24.8 Å². The Bertz CT molecular complexity index is 834. The van der Waals surface area contributed by atoms with Gasteiger partial charge in [0, 0.05) is 31.2 Å². The SMILES string of the molecule is CCCCCCOc1ccc(C(=O)NC(=S)NC2CCN(Cc3ccccc3)CC2)cc1. The van der Waals surface area contributed by atoms with Gasteiger partial charge in [-0.25, -0.2) is 0 Å². The van der Waals surface area contributed by atoms with Crippen LogP contribution in [0.2, 0.25) is 0 Å². The molecule has 1 aliphatic heterocycles. The van der Waals surface area contributed by atoms with Gasteiger partial charge in [0.25, 0.3) is 5.91 Å². The first-order valence-corrected chi connectivity index (χ1v) is 12.2. The maximum absolute atomic E-state index is 12.5. The van der Waals surface area contributed by atoms with Crippen LogP contribution >= 0.6 is 12.2 Å². The van der Waals surface area contributed by atoms with Gasteiger partial charge in [0.15, 0.2) is 5.11 Å². The summed E-state index contributed by atoms with van der Waals surface area (Å²) >= 11 is 5.38. The molecule has 0 aromatic heterocycles. The molecule has 0 saturated carbocycles. The van der Waals surface area contributed by atoms with Crippen molar-refractivity contribution in [1.82, 2.24) is 15.5 Å². The lowest BCUT2D eigenvalue weighted by Crippen LogP contribution is -2.48. The molecule has 1 heterocycles. The second-order valence-electron chi connectivity index (χ2n) is 8.40. The van der Waals surface area contributed by atoms with Gasteiger partial charge in [-0.2, -0.15) is 0 Å². The fourth-order valence-electron chi connectivity index (χ4n) is 3.90. The minimum atomic E-state index is -0.196. The average molecular weight is 454 g/mol. The highest BCUT2D eigenvalue weighted by atomic mass is 32.1. The van der Waals surface area contributed by atoms with Crippen LogP contribution < -0.4 is 15.4 Å². The van der Waals surface area contributed by atoms with E-state index in [4.69, 9.17) is 17.0 Å². The molecular weight excluding hydrogens is 418 g/mol. The van der Waals surface area contributed by atoms with Gasteiger partial charge in [0.05, 0.1) is 6.61 Å². The first-order chi connectivity index (χ1) is 15.6. The van der Waals surface area contributed by atoms with E-state index in [0.29, 0.717) is 23.3 Å². The van der Waals surface area contributed by atoms with Crippen LogP contribution in [0, 0.1) is 0 Å². The molecule has 0 unspecified atom stereocenters. The third-order valence-electron chi connectivity index (χ3n) is 5.78. The molecule has 3 rings (SSSR count). The van der Waals surface area contributed by atoms with Crippen molar-refractivity contribution in [3.05, 3.63) is 65.7 Å². The molecule has 2 aromatic carbocycles. The highest BCUT2D eigenvalue weighted by molar-refractivity contribution is 7.80. The highest BCUT2D eigenvalue weighted by Gasteiger charge is 2.20. The molecule has 0 aliphatic carbocycles. The summed E-state index contributed by atoms with van der Waals surface area (Å²) in [5.74, 6) is 0.597. The molecule has 6 heteroatoms. The van der Waals surface area contributed by atoms with Crippen LogP contribution in [-0.4, -0.2) is 41.7 Å². The van der Waals surface area contributed by atoms with Gasteiger partial charge >= 0.3 is 0 Å². The number of likely N-dealkylation sites (tertiary alicyclic amines) is 1. The molecule has 0 bridgehead atoms. The fraction of sp³-hybridized carbons (Fsp3) is 0.462. The number of benzene rings is 2. The Morgan fingerprint density at radius 1 is 1.03 bits per heavy atom. The number of piperidine rings is 1. The normalized spacial score (nSPS) is 14.7. The van der Waals surface area contributed by atoms with Gasteiger partial charge in [-0.1, -0.05) is 56.5 Å². The third-order valence-corrected chi connectivity index (χ3v) is 6.00. The predicted octanol–water partition coefficient (Wildman–Crippen LogP) is 4.91. The molecule has 1 aliphatic rings. The fourth-order valence-corrected chi connectivity index (χ4v) is 4.15. The van der Waals surface area contributed by atoms with Gasteiger partial charge < -0.3 is 10.1 Å². The lowest BCUT2D eigenvalue weighted by atomic mass is 10.0. The monoisotopic (exact) mass is 453 g/mol. The van der Waals surface area contributed by atoms with Gasteiger partial charge in [-0.3, -0.25) is 15.0 Å². The van der Waals surface area contributed by atoms with Crippen LogP contribution in [0.5, 0.6) is 5.75 Å². The van der Waals surface area contributed by atoms with E-state index in [9.17, 15) is 4.79 Å². The number of carbonyl (C=O) groups excluding carboxylic acids is 1. The Hall–Kier alpha value is -2.44. The highest BCUT2D eigenvalue weighted by Crippen LogP contribution is 2.15. The molecule has 1 amide bonds. The summed E-state index contributed by atoms with van der Waals surface area (Å²) < 4.78 is 5.74. The van der Waals surface area contributed by atoms with E-state index in [-0.39, 0.29) is 5.91 Å². The van der Waals surface area contributed by atoms with Gasteiger partial charge in [-0.05, 0) is 61.3 Å². The summed E-state index contributed by atoms with van der Waals surface area (Å²) in [6.07, 6.45) is 6.71. The summed E-state index contributed by atoms with van der Waals surface area (Å²) in [6, 6.07) is 18.1. The van der Waals surface area contributed by atoms with Crippen molar-refractivity contribution in [3.8, 4) is 5.75 Å². The second kappa shape index (κ2) is 13.2. The summed E-state index contributed by atoms with van der Waals surface area (Å²) in [5.41, 5.74) is 1.92. The minimum Gasteiger partial charge on any atom is -0.494 e. The summed E-state index contributed by atoms with van der Waals surface area (Å²) in [7, 11) is 0. The molecular formula is C26H35N3O2S. The lowest BCUT2D eigenvalue weighted by molar-refractivity contribution is 0.0976. The van der Waals surface area contributed by atoms with Crippen molar-refractivity contribution in [1.29, 1.82) is 0 Å². The number of ether oxygens (including phenoxy) is 1. The van der Waals surface area contributed by atoms with E-state index >= 15 is 0 Å². The topological polar surface area (TPSA) is 53.6 Å². The zero-order chi connectivity index (χ0) is 22.6. The number of nitrogens with one attached hydrogen (secondary N) is 2. The van der Waals surface area contributed by atoms with Crippen molar-refractivity contribution in [2.75, 3.05) is 19.7 Å². The van der Waals surface area contributed by atoms with Crippen molar-refractivity contribution < 1.29 is 9.53 Å². The molecule has 1 saturated heterocycles. The summed E-state index contributed by atoms with van der Waals surface area (Å²) in [5, 5.41) is 6.51. The molecule has 0 spiro atoms. The largest absolute Gasteiger partial charge is 0.494 e.